The molecule has 2 aromatic carbocycles. The molecule has 0 saturated carbocycles. The first kappa shape index (κ1) is 21.3. The van der Waals surface area contributed by atoms with Crippen LogP contribution in [0.2, 0.25) is 0 Å². The first-order chi connectivity index (χ1) is 16.6. The molecule has 4 aromatic rings. The van der Waals surface area contributed by atoms with Crippen LogP contribution in [0.5, 0.6) is 11.5 Å². The summed E-state index contributed by atoms with van der Waals surface area (Å²) in [7, 11) is 0. The standard InChI is InChI=1S/C24H22N6O4/c1-2-20(31)28-13-12-17(14-28)30-23-21(22(27-33)25-15-26-23)29(24(30)32)16-8-10-19(11-9-16)34-18-6-4-3-5-7-18/h2-11,15,17,33H,1,12-14H2,(H,25,26,27)/t17-/m0/s1. The minimum atomic E-state index is -0.346. The Hall–Kier alpha value is -4.60. The number of fused-ring (bicyclic) bond motifs is 1. The zero-order valence-corrected chi connectivity index (χ0v) is 18.2. The van der Waals surface area contributed by atoms with E-state index in [1.165, 1.54) is 17.0 Å². The summed E-state index contributed by atoms with van der Waals surface area (Å²) in [6.45, 7) is 4.41. The van der Waals surface area contributed by atoms with Gasteiger partial charge in [0.2, 0.25) is 5.91 Å². The Morgan fingerprint density at radius 2 is 1.91 bits per heavy atom. The number of hydrogen-bond acceptors (Lipinski definition) is 6. The van der Waals surface area contributed by atoms with E-state index in [1.54, 1.807) is 33.7 Å². The molecular formula is C24H22N6O4. The van der Waals surface area contributed by atoms with Gasteiger partial charge in [0.25, 0.3) is 0 Å². The van der Waals surface area contributed by atoms with Crippen molar-refractivity contribution < 1.29 is 14.7 Å². The van der Waals surface area contributed by atoms with Crippen molar-refractivity contribution in [3.63, 3.8) is 0 Å². The van der Waals surface area contributed by atoms with Crippen molar-refractivity contribution in [1.82, 2.24) is 24.0 Å². The predicted molar refractivity (Wildman–Crippen MR) is 124 cm³/mol. The highest BCUT2D eigenvalue weighted by Gasteiger charge is 2.31. The third kappa shape index (κ3) is 3.64. The first-order valence-corrected chi connectivity index (χ1v) is 10.7. The van der Waals surface area contributed by atoms with Crippen LogP contribution in [0.15, 0.2) is 83.5 Å². The lowest BCUT2D eigenvalue weighted by Crippen LogP contribution is -2.31. The number of likely N-dealkylation sites (tertiary alicyclic amines) is 1. The monoisotopic (exact) mass is 458 g/mol. The van der Waals surface area contributed by atoms with E-state index in [0.29, 0.717) is 47.9 Å². The Labute approximate surface area is 193 Å². The molecule has 2 N–H and O–H groups in total. The summed E-state index contributed by atoms with van der Waals surface area (Å²) >= 11 is 0. The van der Waals surface area contributed by atoms with E-state index in [4.69, 9.17) is 4.74 Å². The number of aromatic nitrogens is 4. The molecule has 172 valence electrons. The molecule has 1 saturated heterocycles. The first-order valence-electron chi connectivity index (χ1n) is 10.7. The van der Waals surface area contributed by atoms with Gasteiger partial charge < -0.3 is 19.8 Å². The van der Waals surface area contributed by atoms with Crippen LogP contribution in [-0.4, -0.2) is 48.2 Å². The van der Waals surface area contributed by atoms with Crippen molar-refractivity contribution >= 4 is 17.1 Å². The second kappa shape index (κ2) is 8.74. The zero-order valence-electron chi connectivity index (χ0n) is 18.2. The van der Waals surface area contributed by atoms with Crippen LogP contribution in [0.1, 0.15) is 12.5 Å². The summed E-state index contributed by atoms with van der Waals surface area (Å²) in [4.78, 5) is 34.5. The summed E-state index contributed by atoms with van der Waals surface area (Å²) in [6.07, 6.45) is 3.23. The number of carbonyl (C=O) groups is 1. The number of ether oxygens (including phenoxy) is 1. The van der Waals surface area contributed by atoms with Crippen LogP contribution in [0.4, 0.5) is 0 Å². The third-order valence-electron chi connectivity index (χ3n) is 5.86. The van der Waals surface area contributed by atoms with Gasteiger partial charge in [-0.05, 0) is 48.9 Å². The molecular weight excluding hydrogens is 436 g/mol. The van der Waals surface area contributed by atoms with Crippen LogP contribution in [0.25, 0.3) is 16.9 Å². The number of rotatable bonds is 5. The van der Waals surface area contributed by atoms with Crippen LogP contribution < -0.4 is 15.9 Å². The van der Waals surface area contributed by atoms with Gasteiger partial charge in [0, 0.05) is 13.1 Å². The van der Waals surface area contributed by atoms with E-state index >= 15 is 0 Å². The predicted octanol–water partition coefficient (Wildman–Crippen LogP) is 2.56. The molecule has 10 nitrogen and oxygen atoms in total. The van der Waals surface area contributed by atoms with Crippen molar-refractivity contribution in [2.45, 2.75) is 12.5 Å². The third-order valence-corrected chi connectivity index (χ3v) is 5.86. The fraction of sp³-hybridized carbons (Fsp3) is 0.167. The fourth-order valence-corrected chi connectivity index (χ4v) is 4.28. The van der Waals surface area contributed by atoms with Gasteiger partial charge in [0.05, 0.1) is 18.1 Å². The van der Waals surface area contributed by atoms with Crippen LogP contribution in [0.3, 0.4) is 0 Å². The largest absolute Gasteiger partial charge is 0.457 e. The summed E-state index contributed by atoms with van der Waals surface area (Å²) in [5.74, 6) is 1.13. The minimum absolute atomic E-state index is 0.0995. The summed E-state index contributed by atoms with van der Waals surface area (Å²) < 4.78 is 8.85. The van der Waals surface area contributed by atoms with Crippen LogP contribution in [0, 0.1) is 0 Å². The summed E-state index contributed by atoms with van der Waals surface area (Å²) in [5.41, 5.74) is 1.00. The maximum Gasteiger partial charge on any atom is 0.335 e. The number of imidazole rings is 1. The van der Waals surface area contributed by atoms with Crippen molar-refractivity contribution in [2.75, 3.05) is 13.1 Å². The number of carbonyl (C=O) groups excluding carboxylic acids is 1. The number of nitrogens with one attached hydrogen (secondary N) is 1. The molecule has 1 amide bonds. The fourth-order valence-electron chi connectivity index (χ4n) is 4.28. The highest BCUT2D eigenvalue weighted by molar-refractivity contribution is 5.87. The molecule has 5 rings (SSSR count). The van der Waals surface area contributed by atoms with E-state index < -0.39 is 0 Å². The molecule has 1 fully saturated rings. The van der Waals surface area contributed by atoms with E-state index in [0.717, 1.165) is 0 Å². The van der Waals surface area contributed by atoms with Gasteiger partial charge in [-0.2, -0.15) is 0 Å². The van der Waals surface area contributed by atoms with E-state index in [2.05, 4.69) is 21.7 Å². The van der Waals surface area contributed by atoms with Gasteiger partial charge in [-0.15, -0.1) is 0 Å². The van der Waals surface area contributed by atoms with Crippen molar-refractivity contribution in [2.24, 2.45) is 5.16 Å². The van der Waals surface area contributed by atoms with E-state index in [9.17, 15) is 14.8 Å². The average molecular weight is 458 g/mol. The number of H-pyrrole nitrogens is 1. The molecule has 2 aromatic heterocycles. The SMILES string of the molecule is C=CC(=O)N1CC[C@H](n2c(=O)n(-c3ccc(Oc4ccccc4)cc3)c3/c(=N/O)[nH]cnc32)C1. The molecule has 3 heterocycles. The molecule has 10 heteroatoms. The van der Waals surface area contributed by atoms with Gasteiger partial charge >= 0.3 is 5.69 Å². The molecule has 1 aliphatic rings. The lowest BCUT2D eigenvalue weighted by molar-refractivity contribution is -0.125. The number of aromatic amines is 1. The Bertz CT molecular complexity index is 1480. The number of benzene rings is 2. The highest BCUT2D eigenvalue weighted by atomic mass is 16.5. The highest BCUT2D eigenvalue weighted by Crippen LogP contribution is 2.26. The number of para-hydroxylation sites is 1. The Morgan fingerprint density at radius 3 is 2.62 bits per heavy atom. The average Bonchev–Trinajstić information content (AvgIpc) is 3.46. The maximum atomic E-state index is 13.7. The Balaban J connectivity index is 1.59. The topological polar surface area (TPSA) is 118 Å². The molecule has 0 aliphatic carbocycles. The molecule has 1 aliphatic heterocycles. The van der Waals surface area contributed by atoms with Crippen LogP contribution in [-0.2, 0) is 4.79 Å². The van der Waals surface area contributed by atoms with Gasteiger partial charge in [-0.1, -0.05) is 29.9 Å². The number of amides is 1. The zero-order chi connectivity index (χ0) is 23.7. The molecule has 0 unspecified atom stereocenters. The Kier molecular flexibility index (Phi) is 5.46. The smallest absolute Gasteiger partial charge is 0.335 e. The van der Waals surface area contributed by atoms with E-state index in [1.807, 2.05) is 30.3 Å². The van der Waals surface area contributed by atoms with Gasteiger partial charge in [-0.25, -0.2) is 9.78 Å². The second-order valence-corrected chi connectivity index (χ2v) is 7.85. The maximum absolute atomic E-state index is 13.7. The van der Waals surface area contributed by atoms with E-state index in [-0.39, 0.29) is 23.1 Å². The van der Waals surface area contributed by atoms with Crippen molar-refractivity contribution in [3.05, 3.63) is 89.6 Å². The number of nitrogens with zero attached hydrogens (tertiary/aromatic N) is 5. The van der Waals surface area contributed by atoms with Gasteiger partial charge in [0.15, 0.2) is 11.1 Å². The van der Waals surface area contributed by atoms with Crippen LogP contribution >= 0.6 is 0 Å². The van der Waals surface area contributed by atoms with Crippen molar-refractivity contribution in [3.8, 4) is 17.2 Å². The van der Waals surface area contributed by atoms with Gasteiger partial charge in [-0.3, -0.25) is 13.9 Å². The number of hydrogen-bond donors (Lipinski definition) is 2. The van der Waals surface area contributed by atoms with Crippen molar-refractivity contribution in [1.29, 1.82) is 0 Å². The normalized spacial score (nSPS) is 16.2. The summed E-state index contributed by atoms with van der Waals surface area (Å²) in [6, 6.07) is 16.1. The molecule has 0 bridgehead atoms. The quantitative estimate of drug-likeness (QED) is 0.271. The summed E-state index contributed by atoms with van der Waals surface area (Å²) in [5, 5.41) is 12.9. The minimum Gasteiger partial charge on any atom is -0.457 e. The lowest BCUT2D eigenvalue weighted by atomic mass is 10.2. The second-order valence-electron chi connectivity index (χ2n) is 7.85. The lowest BCUT2D eigenvalue weighted by Gasteiger charge is -2.14. The molecule has 34 heavy (non-hydrogen) atoms. The molecule has 0 radical (unpaired) electrons. The molecule has 0 spiro atoms. The Morgan fingerprint density at radius 1 is 1.18 bits per heavy atom. The molecule has 1 atom stereocenters. The van der Waals surface area contributed by atoms with Gasteiger partial charge in [0.1, 0.15) is 17.0 Å².